The van der Waals surface area contributed by atoms with Gasteiger partial charge in [0.25, 0.3) is 0 Å². The molecular weight excluding hydrogens is 242 g/mol. The van der Waals surface area contributed by atoms with Gasteiger partial charge in [-0.15, -0.1) is 5.10 Å². The summed E-state index contributed by atoms with van der Waals surface area (Å²) in [5, 5.41) is 4.19. The van der Waals surface area contributed by atoms with Gasteiger partial charge in [-0.2, -0.15) is 0 Å². The number of hydrogen-bond donors (Lipinski definition) is 0. The number of carbonyl (C=O) groups is 1. The van der Waals surface area contributed by atoms with Gasteiger partial charge in [-0.1, -0.05) is 19.1 Å². The normalized spacial score (nSPS) is 10.4. The fourth-order valence-corrected chi connectivity index (χ4v) is 1.76. The first-order chi connectivity index (χ1) is 9.22. The lowest BCUT2D eigenvalue weighted by Crippen LogP contribution is -2.05. The highest BCUT2D eigenvalue weighted by Crippen LogP contribution is 2.12. The molecule has 0 bridgehead atoms. The molecule has 100 valence electrons. The molecule has 5 heteroatoms. The molecule has 1 aromatic heterocycles. The Morgan fingerprint density at radius 3 is 2.68 bits per heavy atom. The average Bonchev–Trinajstić information content (AvgIpc) is 2.88. The van der Waals surface area contributed by atoms with Crippen molar-refractivity contribution in [2.45, 2.75) is 26.3 Å². The van der Waals surface area contributed by atoms with Crippen LogP contribution >= 0.6 is 0 Å². The molecule has 2 aromatic rings. The third-order valence-corrected chi connectivity index (χ3v) is 2.77. The monoisotopic (exact) mass is 259 g/mol. The lowest BCUT2D eigenvalue weighted by Gasteiger charge is -2.03. The summed E-state index contributed by atoms with van der Waals surface area (Å²) in [6.45, 7) is 2.56. The highest BCUT2D eigenvalue weighted by atomic mass is 16.5. The molecule has 0 unspecified atom stereocenters. The molecule has 0 aliphatic heterocycles. The molecule has 0 spiro atoms. The predicted octanol–water partition coefficient (Wildman–Crippen LogP) is 2.32. The SMILES string of the molecule is CCCC(=O)c1ncn(Cc2ccc(OC)cc2)n1. The van der Waals surface area contributed by atoms with Crippen LogP contribution in [0.3, 0.4) is 0 Å². The van der Waals surface area contributed by atoms with Crippen LogP contribution in [0.1, 0.15) is 35.9 Å². The molecule has 0 saturated heterocycles. The molecule has 0 aliphatic carbocycles. The van der Waals surface area contributed by atoms with Crippen molar-refractivity contribution in [2.75, 3.05) is 7.11 Å². The van der Waals surface area contributed by atoms with Crippen molar-refractivity contribution in [2.24, 2.45) is 0 Å². The van der Waals surface area contributed by atoms with E-state index < -0.39 is 0 Å². The van der Waals surface area contributed by atoms with Crippen molar-refractivity contribution in [3.8, 4) is 5.75 Å². The van der Waals surface area contributed by atoms with E-state index in [1.807, 2.05) is 31.2 Å². The summed E-state index contributed by atoms with van der Waals surface area (Å²) in [5.74, 6) is 1.12. The van der Waals surface area contributed by atoms with Crippen molar-refractivity contribution < 1.29 is 9.53 Å². The first-order valence-corrected chi connectivity index (χ1v) is 6.28. The van der Waals surface area contributed by atoms with Crippen LogP contribution in [0.5, 0.6) is 5.75 Å². The number of nitrogens with zero attached hydrogens (tertiary/aromatic N) is 3. The van der Waals surface area contributed by atoms with Gasteiger partial charge in [0.05, 0.1) is 13.7 Å². The molecule has 0 N–H and O–H groups in total. The van der Waals surface area contributed by atoms with E-state index in [9.17, 15) is 4.79 Å². The minimum Gasteiger partial charge on any atom is -0.497 e. The second-order valence-corrected chi connectivity index (χ2v) is 4.29. The Balaban J connectivity index is 2.04. The molecule has 0 saturated carbocycles. The Morgan fingerprint density at radius 1 is 1.32 bits per heavy atom. The van der Waals surface area contributed by atoms with Crippen LogP contribution in [0, 0.1) is 0 Å². The second kappa shape index (κ2) is 6.13. The molecule has 0 fully saturated rings. The number of ketones is 1. The zero-order valence-corrected chi connectivity index (χ0v) is 11.2. The predicted molar refractivity (Wildman–Crippen MR) is 71.4 cm³/mol. The minimum atomic E-state index is -0.00372. The maximum absolute atomic E-state index is 11.6. The van der Waals surface area contributed by atoms with Crippen molar-refractivity contribution in [3.63, 3.8) is 0 Å². The van der Waals surface area contributed by atoms with Gasteiger partial charge in [0, 0.05) is 6.42 Å². The molecular formula is C14H17N3O2. The maximum atomic E-state index is 11.6. The van der Waals surface area contributed by atoms with E-state index in [0.29, 0.717) is 18.8 Å². The first kappa shape index (κ1) is 13.3. The average molecular weight is 259 g/mol. The van der Waals surface area contributed by atoms with E-state index in [4.69, 9.17) is 4.74 Å². The summed E-state index contributed by atoms with van der Waals surface area (Å²) in [5.41, 5.74) is 1.08. The van der Waals surface area contributed by atoms with Crippen molar-refractivity contribution in [1.82, 2.24) is 14.8 Å². The van der Waals surface area contributed by atoms with Crippen LogP contribution in [0.2, 0.25) is 0 Å². The quantitative estimate of drug-likeness (QED) is 0.747. The third kappa shape index (κ3) is 3.40. The van der Waals surface area contributed by atoms with Gasteiger partial charge in [-0.05, 0) is 24.1 Å². The summed E-state index contributed by atoms with van der Waals surface area (Å²) >= 11 is 0. The zero-order valence-electron chi connectivity index (χ0n) is 11.2. The Kier molecular flexibility index (Phi) is 4.28. The van der Waals surface area contributed by atoms with Crippen molar-refractivity contribution in [1.29, 1.82) is 0 Å². The number of rotatable bonds is 6. The molecule has 5 nitrogen and oxygen atoms in total. The van der Waals surface area contributed by atoms with Crippen molar-refractivity contribution >= 4 is 5.78 Å². The van der Waals surface area contributed by atoms with Crippen molar-refractivity contribution in [3.05, 3.63) is 42.0 Å². The summed E-state index contributed by atoms with van der Waals surface area (Å²) in [6, 6.07) is 7.73. The molecule has 0 amide bonds. The second-order valence-electron chi connectivity index (χ2n) is 4.29. The highest BCUT2D eigenvalue weighted by molar-refractivity contribution is 5.92. The van der Waals surface area contributed by atoms with Gasteiger partial charge in [-0.25, -0.2) is 9.67 Å². The summed E-state index contributed by atoms with van der Waals surface area (Å²) < 4.78 is 6.77. The number of carbonyl (C=O) groups excluding carboxylic acids is 1. The van der Waals surface area contributed by atoms with Gasteiger partial charge in [-0.3, -0.25) is 4.79 Å². The Labute approximate surface area is 112 Å². The van der Waals surface area contributed by atoms with E-state index >= 15 is 0 Å². The van der Waals surface area contributed by atoms with Crippen LogP contribution in [-0.2, 0) is 6.54 Å². The lowest BCUT2D eigenvalue weighted by atomic mass is 10.2. The summed E-state index contributed by atoms with van der Waals surface area (Å²) in [7, 11) is 1.64. The minimum absolute atomic E-state index is 0.00372. The van der Waals surface area contributed by atoms with Gasteiger partial charge in [0.15, 0.2) is 0 Å². The molecule has 19 heavy (non-hydrogen) atoms. The Bertz CT molecular complexity index is 546. The molecule has 1 aromatic carbocycles. The lowest BCUT2D eigenvalue weighted by molar-refractivity contribution is 0.0971. The van der Waals surface area contributed by atoms with Crippen LogP contribution in [0.25, 0.3) is 0 Å². The fraction of sp³-hybridized carbons (Fsp3) is 0.357. The zero-order chi connectivity index (χ0) is 13.7. The number of ether oxygens (including phenoxy) is 1. The molecule has 0 radical (unpaired) electrons. The number of hydrogen-bond acceptors (Lipinski definition) is 4. The molecule has 0 aliphatic rings. The van der Waals surface area contributed by atoms with Gasteiger partial charge < -0.3 is 4.74 Å². The van der Waals surface area contributed by atoms with Crippen LogP contribution in [-0.4, -0.2) is 27.7 Å². The molecule has 2 rings (SSSR count). The van der Waals surface area contributed by atoms with E-state index in [0.717, 1.165) is 17.7 Å². The molecule has 0 atom stereocenters. The van der Waals surface area contributed by atoms with Crippen LogP contribution in [0.4, 0.5) is 0 Å². The van der Waals surface area contributed by atoms with Gasteiger partial charge in [0.1, 0.15) is 12.1 Å². The van der Waals surface area contributed by atoms with E-state index in [1.54, 1.807) is 18.1 Å². The van der Waals surface area contributed by atoms with Crippen LogP contribution < -0.4 is 4.74 Å². The smallest absolute Gasteiger partial charge is 0.217 e. The Morgan fingerprint density at radius 2 is 2.05 bits per heavy atom. The van der Waals surface area contributed by atoms with E-state index in [1.165, 1.54) is 0 Å². The third-order valence-electron chi connectivity index (χ3n) is 2.77. The first-order valence-electron chi connectivity index (χ1n) is 6.28. The van der Waals surface area contributed by atoms with Gasteiger partial charge >= 0.3 is 0 Å². The topological polar surface area (TPSA) is 57.0 Å². The van der Waals surface area contributed by atoms with E-state index in [-0.39, 0.29) is 5.78 Å². The maximum Gasteiger partial charge on any atom is 0.217 e. The molecule has 1 heterocycles. The summed E-state index contributed by atoms with van der Waals surface area (Å²) in [6.07, 6.45) is 2.89. The number of aromatic nitrogens is 3. The fourth-order valence-electron chi connectivity index (χ4n) is 1.76. The number of benzene rings is 1. The highest BCUT2D eigenvalue weighted by Gasteiger charge is 2.10. The van der Waals surface area contributed by atoms with E-state index in [2.05, 4.69) is 10.1 Å². The number of Topliss-reactive ketones (excluding diaryl/α,β-unsaturated/α-hetero) is 1. The van der Waals surface area contributed by atoms with Gasteiger partial charge in [0.2, 0.25) is 11.6 Å². The van der Waals surface area contributed by atoms with Crippen LogP contribution in [0.15, 0.2) is 30.6 Å². The largest absolute Gasteiger partial charge is 0.497 e. The Hall–Kier alpha value is -2.17. The number of methoxy groups -OCH3 is 1. The standard InChI is InChI=1S/C14H17N3O2/c1-3-4-13(18)14-15-10-17(16-14)9-11-5-7-12(19-2)8-6-11/h5-8,10H,3-4,9H2,1-2H3. The summed E-state index contributed by atoms with van der Waals surface area (Å²) in [4.78, 5) is 15.7.